The minimum atomic E-state index is -0.273. The zero-order chi connectivity index (χ0) is 15.0. The van der Waals surface area contributed by atoms with E-state index in [0.717, 1.165) is 6.42 Å². The van der Waals surface area contributed by atoms with Crippen molar-refractivity contribution in [2.75, 3.05) is 26.9 Å². The first kappa shape index (κ1) is 17.0. The molecule has 1 rings (SSSR count). The minimum absolute atomic E-state index is 0.179. The Labute approximate surface area is 127 Å². The number of aliphatic hydroxyl groups is 1. The zero-order valence-electron chi connectivity index (χ0n) is 11.1. The summed E-state index contributed by atoms with van der Waals surface area (Å²) in [7, 11) is 1.60. The molecule has 0 unspecified atom stereocenters. The molecule has 0 atom stereocenters. The van der Waals surface area contributed by atoms with Gasteiger partial charge in [0.15, 0.2) is 6.61 Å². The Morgan fingerprint density at radius 3 is 2.80 bits per heavy atom. The predicted octanol–water partition coefficient (Wildman–Crippen LogP) is 2.02. The highest BCUT2D eigenvalue weighted by atomic mass is 35.5. The summed E-state index contributed by atoms with van der Waals surface area (Å²) in [5, 5.41) is 12.6. The molecule has 1 amide bonds. The lowest BCUT2D eigenvalue weighted by atomic mass is 10.2. The standard InChI is InChI=1S/C13H17Cl2NO4/c1-19-4-2-3-16-12(18)8-20-13-9(7-17)5-10(14)6-11(13)15/h5-6,17H,2-4,7-8H2,1H3,(H,16,18). The quantitative estimate of drug-likeness (QED) is 0.719. The average Bonchev–Trinajstić information content (AvgIpc) is 2.41. The largest absolute Gasteiger partial charge is 0.482 e. The fraction of sp³-hybridized carbons (Fsp3) is 0.462. The van der Waals surface area contributed by atoms with Gasteiger partial charge in [-0.2, -0.15) is 0 Å². The molecule has 0 bridgehead atoms. The number of benzene rings is 1. The second kappa shape index (κ2) is 9.02. The first-order chi connectivity index (χ1) is 9.58. The number of ether oxygens (including phenoxy) is 2. The van der Waals surface area contributed by atoms with E-state index in [4.69, 9.17) is 32.7 Å². The Hall–Kier alpha value is -1.01. The first-order valence-electron chi connectivity index (χ1n) is 6.05. The molecule has 0 aliphatic heterocycles. The highest BCUT2D eigenvalue weighted by Crippen LogP contribution is 2.32. The molecule has 0 aromatic heterocycles. The number of aliphatic hydroxyl groups excluding tert-OH is 1. The predicted molar refractivity (Wildman–Crippen MR) is 77.4 cm³/mol. The van der Waals surface area contributed by atoms with Crippen LogP contribution in [-0.2, 0) is 16.1 Å². The topological polar surface area (TPSA) is 67.8 Å². The molecule has 0 fully saturated rings. The maximum Gasteiger partial charge on any atom is 0.257 e. The number of hydrogen-bond donors (Lipinski definition) is 2. The van der Waals surface area contributed by atoms with E-state index in [1.807, 2.05) is 0 Å². The molecule has 5 nitrogen and oxygen atoms in total. The van der Waals surface area contributed by atoms with Crippen LogP contribution < -0.4 is 10.1 Å². The van der Waals surface area contributed by atoms with Crippen molar-refractivity contribution in [1.29, 1.82) is 0 Å². The van der Waals surface area contributed by atoms with Crippen LogP contribution in [0, 0.1) is 0 Å². The molecule has 20 heavy (non-hydrogen) atoms. The summed E-state index contributed by atoms with van der Waals surface area (Å²) in [6.07, 6.45) is 0.728. The molecule has 0 saturated carbocycles. The summed E-state index contributed by atoms with van der Waals surface area (Å²) in [5.41, 5.74) is 0.440. The van der Waals surface area contributed by atoms with Gasteiger partial charge in [0.25, 0.3) is 5.91 Å². The maximum absolute atomic E-state index is 11.5. The van der Waals surface area contributed by atoms with Crippen LogP contribution in [0.2, 0.25) is 10.0 Å². The van der Waals surface area contributed by atoms with Gasteiger partial charge in [-0.1, -0.05) is 23.2 Å². The fourth-order valence-corrected chi connectivity index (χ4v) is 2.12. The monoisotopic (exact) mass is 321 g/mol. The molecule has 112 valence electrons. The minimum Gasteiger partial charge on any atom is -0.482 e. The van der Waals surface area contributed by atoms with Gasteiger partial charge in [-0.25, -0.2) is 0 Å². The van der Waals surface area contributed by atoms with Gasteiger partial charge in [0.1, 0.15) is 5.75 Å². The van der Waals surface area contributed by atoms with Crippen LogP contribution >= 0.6 is 23.2 Å². The van der Waals surface area contributed by atoms with Crippen LogP contribution in [0.4, 0.5) is 0 Å². The Bertz CT molecular complexity index is 454. The smallest absolute Gasteiger partial charge is 0.257 e. The summed E-state index contributed by atoms with van der Waals surface area (Å²) in [6, 6.07) is 3.04. The average molecular weight is 322 g/mol. The van der Waals surface area contributed by atoms with Crippen molar-refractivity contribution in [1.82, 2.24) is 5.32 Å². The Morgan fingerprint density at radius 2 is 2.15 bits per heavy atom. The van der Waals surface area contributed by atoms with Crippen LogP contribution in [0.5, 0.6) is 5.75 Å². The lowest BCUT2D eigenvalue weighted by Gasteiger charge is -2.12. The Kier molecular flexibility index (Phi) is 7.69. The number of carbonyl (C=O) groups excluding carboxylic acids is 1. The van der Waals surface area contributed by atoms with Crippen LogP contribution in [0.3, 0.4) is 0 Å². The zero-order valence-corrected chi connectivity index (χ0v) is 12.6. The van der Waals surface area contributed by atoms with Crippen molar-refractivity contribution in [2.24, 2.45) is 0 Å². The molecular weight excluding hydrogens is 305 g/mol. The Morgan fingerprint density at radius 1 is 1.40 bits per heavy atom. The van der Waals surface area contributed by atoms with Gasteiger partial charge in [-0.3, -0.25) is 4.79 Å². The van der Waals surface area contributed by atoms with E-state index < -0.39 is 0 Å². The van der Waals surface area contributed by atoms with Gasteiger partial charge in [0.2, 0.25) is 0 Å². The van der Waals surface area contributed by atoms with E-state index in [1.165, 1.54) is 6.07 Å². The highest BCUT2D eigenvalue weighted by Gasteiger charge is 2.12. The number of nitrogens with one attached hydrogen (secondary N) is 1. The normalized spacial score (nSPS) is 10.4. The van der Waals surface area contributed by atoms with Crippen molar-refractivity contribution in [3.63, 3.8) is 0 Å². The lowest BCUT2D eigenvalue weighted by Crippen LogP contribution is -2.30. The van der Waals surface area contributed by atoms with Crippen LogP contribution in [-0.4, -0.2) is 37.9 Å². The van der Waals surface area contributed by atoms with E-state index >= 15 is 0 Å². The second-order valence-electron chi connectivity index (χ2n) is 4.02. The van der Waals surface area contributed by atoms with Gasteiger partial charge in [-0.05, 0) is 18.6 Å². The van der Waals surface area contributed by atoms with E-state index in [0.29, 0.717) is 23.7 Å². The fourth-order valence-electron chi connectivity index (χ4n) is 1.53. The van der Waals surface area contributed by atoms with E-state index in [9.17, 15) is 9.90 Å². The second-order valence-corrected chi connectivity index (χ2v) is 4.86. The number of amides is 1. The van der Waals surface area contributed by atoms with Crippen molar-refractivity contribution in [3.8, 4) is 5.75 Å². The molecule has 0 aliphatic carbocycles. The van der Waals surface area contributed by atoms with E-state index in [1.54, 1.807) is 13.2 Å². The third-order valence-corrected chi connectivity index (χ3v) is 2.95. The number of halogens is 2. The molecule has 1 aromatic carbocycles. The van der Waals surface area contributed by atoms with Crippen molar-refractivity contribution in [3.05, 3.63) is 27.7 Å². The summed E-state index contributed by atoms with van der Waals surface area (Å²) >= 11 is 11.8. The number of hydrogen-bond acceptors (Lipinski definition) is 4. The Balaban J connectivity index is 2.51. The van der Waals surface area contributed by atoms with Crippen LogP contribution in [0.15, 0.2) is 12.1 Å². The molecule has 1 aromatic rings. The van der Waals surface area contributed by atoms with Gasteiger partial charge in [0, 0.05) is 30.8 Å². The summed E-state index contributed by atoms with van der Waals surface area (Å²) in [5.74, 6) is 0.00150. The first-order valence-corrected chi connectivity index (χ1v) is 6.81. The van der Waals surface area contributed by atoms with Gasteiger partial charge < -0.3 is 19.9 Å². The summed E-state index contributed by atoms with van der Waals surface area (Å²) in [6.45, 7) is 0.641. The molecule has 0 aliphatic rings. The number of carbonyl (C=O) groups is 1. The third kappa shape index (κ3) is 5.54. The van der Waals surface area contributed by atoms with E-state index in [2.05, 4.69) is 5.32 Å². The number of rotatable bonds is 8. The summed E-state index contributed by atoms with van der Waals surface area (Å²) in [4.78, 5) is 11.5. The van der Waals surface area contributed by atoms with Crippen molar-refractivity contribution >= 4 is 29.1 Å². The third-order valence-electron chi connectivity index (χ3n) is 2.45. The van der Waals surface area contributed by atoms with Crippen molar-refractivity contribution in [2.45, 2.75) is 13.0 Å². The highest BCUT2D eigenvalue weighted by molar-refractivity contribution is 6.35. The van der Waals surface area contributed by atoms with Crippen LogP contribution in [0.1, 0.15) is 12.0 Å². The SMILES string of the molecule is COCCCNC(=O)COc1c(Cl)cc(Cl)cc1CO. The van der Waals surface area contributed by atoms with Crippen molar-refractivity contribution < 1.29 is 19.4 Å². The molecule has 0 radical (unpaired) electrons. The molecule has 0 spiro atoms. The maximum atomic E-state index is 11.5. The molecule has 7 heteroatoms. The molecule has 2 N–H and O–H groups in total. The number of methoxy groups -OCH3 is 1. The van der Waals surface area contributed by atoms with E-state index in [-0.39, 0.29) is 29.9 Å². The van der Waals surface area contributed by atoms with Gasteiger partial charge in [0.05, 0.1) is 11.6 Å². The molecular formula is C13H17Cl2NO4. The van der Waals surface area contributed by atoms with Gasteiger partial charge in [-0.15, -0.1) is 0 Å². The molecule has 0 heterocycles. The lowest BCUT2D eigenvalue weighted by molar-refractivity contribution is -0.123. The van der Waals surface area contributed by atoms with Crippen LogP contribution in [0.25, 0.3) is 0 Å². The molecule has 0 saturated heterocycles. The van der Waals surface area contributed by atoms with Gasteiger partial charge >= 0.3 is 0 Å². The summed E-state index contributed by atoms with van der Waals surface area (Å²) < 4.78 is 10.2.